The summed E-state index contributed by atoms with van der Waals surface area (Å²) in [4.78, 5) is 2.49. The lowest BCUT2D eigenvalue weighted by molar-refractivity contribution is 0.669. The van der Waals surface area contributed by atoms with E-state index >= 15 is 0 Å². The van der Waals surface area contributed by atoms with Crippen molar-refractivity contribution < 1.29 is 4.42 Å². The van der Waals surface area contributed by atoms with Gasteiger partial charge in [0.15, 0.2) is 5.58 Å². The van der Waals surface area contributed by atoms with Crippen LogP contribution in [-0.4, -0.2) is 0 Å². The highest BCUT2D eigenvalue weighted by Crippen LogP contribution is 2.65. The molecule has 0 amide bonds. The lowest BCUT2D eigenvalue weighted by Gasteiger charge is -2.36. The van der Waals surface area contributed by atoms with Crippen molar-refractivity contribution >= 4 is 49.8 Å². The number of fused-ring (bicyclic) bond motifs is 15. The molecule has 11 rings (SSSR count). The Morgan fingerprint density at radius 1 is 0.471 bits per heavy atom. The van der Waals surface area contributed by atoms with Gasteiger partial charge in [0.25, 0.3) is 0 Å². The van der Waals surface area contributed by atoms with Crippen LogP contribution in [0.1, 0.15) is 33.4 Å². The Morgan fingerprint density at radius 2 is 1.02 bits per heavy atom. The van der Waals surface area contributed by atoms with E-state index in [-0.39, 0.29) is 0 Å². The monoisotopic (exact) mass is 651 g/mol. The number of hydrogen-bond acceptors (Lipinski definition) is 2. The van der Waals surface area contributed by atoms with Crippen molar-refractivity contribution in [1.29, 1.82) is 0 Å². The van der Waals surface area contributed by atoms with Crippen LogP contribution in [0.3, 0.4) is 0 Å². The van der Waals surface area contributed by atoms with E-state index in [2.05, 4.69) is 183 Å². The maximum absolute atomic E-state index is 6.95. The molecule has 0 bridgehead atoms. The van der Waals surface area contributed by atoms with E-state index < -0.39 is 5.41 Å². The van der Waals surface area contributed by atoms with Crippen LogP contribution in [0.4, 0.5) is 17.1 Å². The van der Waals surface area contributed by atoms with Crippen molar-refractivity contribution in [3.8, 4) is 22.3 Å². The zero-order chi connectivity index (χ0) is 33.8. The average molecular weight is 652 g/mol. The van der Waals surface area contributed by atoms with E-state index in [9.17, 15) is 0 Å². The fraction of sp³-hybridized carbons (Fsp3) is 0.0612. The quantitative estimate of drug-likeness (QED) is 0.189. The minimum atomic E-state index is -0.503. The fourth-order valence-electron chi connectivity index (χ4n) is 9.53. The molecule has 0 atom stereocenters. The highest BCUT2D eigenvalue weighted by Gasteiger charge is 2.53. The Hall–Kier alpha value is -6.38. The topological polar surface area (TPSA) is 16.4 Å². The highest BCUT2D eigenvalue weighted by molar-refractivity contribution is 6.23. The maximum atomic E-state index is 6.95. The molecule has 51 heavy (non-hydrogen) atoms. The maximum Gasteiger partial charge on any atom is 0.160 e. The molecule has 0 saturated heterocycles. The molecule has 0 radical (unpaired) electrons. The van der Waals surface area contributed by atoms with Gasteiger partial charge in [0.2, 0.25) is 0 Å². The summed E-state index contributed by atoms with van der Waals surface area (Å²) in [6.07, 6.45) is 0. The number of hydrogen-bond donors (Lipinski definition) is 0. The van der Waals surface area contributed by atoms with E-state index in [0.717, 1.165) is 39.0 Å². The van der Waals surface area contributed by atoms with Gasteiger partial charge in [0, 0.05) is 22.0 Å². The van der Waals surface area contributed by atoms with E-state index in [1.54, 1.807) is 0 Å². The Bertz CT molecular complexity index is 2830. The molecule has 0 fully saturated rings. The minimum absolute atomic E-state index is 0.503. The first-order valence-corrected chi connectivity index (χ1v) is 17.8. The predicted octanol–water partition coefficient (Wildman–Crippen LogP) is 13.2. The average Bonchev–Trinajstić information content (AvgIpc) is 3.80. The molecule has 2 nitrogen and oxygen atoms in total. The third-order valence-electron chi connectivity index (χ3n) is 11.3. The lowest BCUT2D eigenvalue weighted by atomic mass is 9.70. The van der Waals surface area contributed by atoms with Crippen LogP contribution in [0.5, 0.6) is 0 Å². The molecule has 2 aliphatic rings. The first-order chi connectivity index (χ1) is 25.1. The third kappa shape index (κ3) is 3.71. The molecular weight excluding hydrogens is 619 g/mol. The van der Waals surface area contributed by atoms with Gasteiger partial charge in [0.1, 0.15) is 5.58 Å². The van der Waals surface area contributed by atoms with Gasteiger partial charge < -0.3 is 9.32 Å². The second-order valence-corrected chi connectivity index (χ2v) is 14.2. The predicted molar refractivity (Wildman–Crippen MR) is 212 cm³/mol. The minimum Gasteiger partial charge on any atom is -0.454 e. The molecule has 2 aliphatic carbocycles. The summed E-state index contributed by atoms with van der Waals surface area (Å²) in [5.41, 5.74) is 17.5. The highest BCUT2D eigenvalue weighted by atomic mass is 16.3. The summed E-state index contributed by atoms with van der Waals surface area (Å²) in [5, 5.41) is 4.66. The first kappa shape index (κ1) is 28.5. The van der Waals surface area contributed by atoms with Gasteiger partial charge in [0.05, 0.1) is 16.8 Å². The summed E-state index contributed by atoms with van der Waals surface area (Å²) in [7, 11) is 0. The van der Waals surface area contributed by atoms with Crippen LogP contribution in [0.15, 0.2) is 168 Å². The van der Waals surface area contributed by atoms with E-state index in [0.29, 0.717) is 0 Å². The van der Waals surface area contributed by atoms with Crippen LogP contribution in [0.2, 0.25) is 0 Å². The van der Waals surface area contributed by atoms with Crippen LogP contribution in [-0.2, 0) is 5.41 Å². The van der Waals surface area contributed by atoms with Crippen LogP contribution < -0.4 is 4.90 Å². The molecule has 0 saturated carbocycles. The summed E-state index contributed by atoms with van der Waals surface area (Å²) in [6.45, 7) is 4.39. The van der Waals surface area contributed by atoms with Crippen molar-refractivity contribution in [3.63, 3.8) is 0 Å². The molecule has 240 valence electrons. The van der Waals surface area contributed by atoms with Crippen LogP contribution >= 0.6 is 0 Å². The molecule has 0 aliphatic heterocycles. The van der Waals surface area contributed by atoms with Gasteiger partial charge in [-0.1, -0.05) is 133 Å². The smallest absolute Gasteiger partial charge is 0.160 e. The van der Waals surface area contributed by atoms with E-state index in [1.165, 1.54) is 66.4 Å². The largest absolute Gasteiger partial charge is 0.454 e. The lowest BCUT2D eigenvalue weighted by Crippen LogP contribution is -2.28. The molecule has 1 spiro atoms. The molecule has 1 aromatic heterocycles. The molecule has 8 aromatic carbocycles. The third-order valence-corrected chi connectivity index (χ3v) is 11.3. The Labute approximate surface area is 296 Å². The van der Waals surface area contributed by atoms with E-state index in [1.807, 2.05) is 0 Å². The zero-order valence-electron chi connectivity index (χ0n) is 28.4. The second-order valence-electron chi connectivity index (χ2n) is 14.2. The van der Waals surface area contributed by atoms with Gasteiger partial charge >= 0.3 is 0 Å². The van der Waals surface area contributed by atoms with Crippen molar-refractivity contribution in [3.05, 3.63) is 197 Å². The number of anilines is 3. The summed E-state index contributed by atoms with van der Waals surface area (Å²) < 4.78 is 6.95. The molecule has 9 aromatic rings. The number of furan rings is 1. The number of para-hydroxylation sites is 1. The van der Waals surface area contributed by atoms with Crippen molar-refractivity contribution in [2.45, 2.75) is 19.3 Å². The molecule has 1 heterocycles. The number of nitrogens with zero attached hydrogens (tertiary/aromatic N) is 1. The molecule has 0 N–H and O–H groups in total. The fourth-order valence-corrected chi connectivity index (χ4v) is 9.53. The van der Waals surface area contributed by atoms with Crippen molar-refractivity contribution in [1.82, 2.24) is 0 Å². The van der Waals surface area contributed by atoms with Crippen molar-refractivity contribution in [2.24, 2.45) is 0 Å². The number of rotatable bonds is 3. The molecular formula is C49H33NO. The van der Waals surface area contributed by atoms with Crippen molar-refractivity contribution in [2.75, 3.05) is 4.90 Å². The summed E-state index contributed by atoms with van der Waals surface area (Å²) in [5.74, 6) is 0. The zero-order valence-corrected chi connectivity index (χ0v) is 28.4. The van der Waals surface area contributed by atoms with Gasteiger partial charge in [-0.2, -0.15) is 0 Å². The van der Waals surface area contributed by atoms with E-state index in [4.69, 9.17) is 4.42 Å². The van der Waals surface area contributed by atoms with Crippen LogP contribution in [0, 0.1) is 13.8 Å². The van der Waals surface area contributed by atoms with Gasteiger partial charge in [-0.05, 0) is 105 Å². The Morgan fingerprint density at radius 3 is 1.71 bits per heavy atom. The normalized spacial score (nSPS) is 13.5. The number of benzene rings is 8. The number of aryl methyl sites for hydroxylation is 2. The summed E-state index contributed by atoms with van der Waals surface area (Å²) in [6, 6.07) is 60.5. The SMILES string of the molecule is Cc1cc(C)cc(N(c2cccc3c2C2(c4ccccc4-c4ccccc42)c2ccccc2-3)c2cc3ccccc3c3c2oc2ccccc23)c1. The Kier molecular flexibility index (Phi) is 5.76. The van der Waals surface area contributed by atoms with Gasteiger partial charge in [-0.25, -0.2) is 0 Å². The first-order valence-electron chi connectivity index (χ1n) is 17.8. The van der Waals surface area contributed by atoms with Crippen LogP contribution in [0.25, 0.3) is 55.0 Å². The standard InChI is InChI=1S/C49H33NO/c1-30-26-31(2)28-33(27-30)50(44-29-32-14-3-4-15-34(32)46-39-19-8-12-25-45(39)51-48(44)46)43-24-13-20-38-37-18-7-11-23-42(37)49(47(38)43)40-21-9-5-16-35(40)36-17-6-10-22-41(36)49/h3-29H,1-2H3. The van der Waals surface area contributed by atoms with Gasteiger partial charge in [-0.15, -0.1) is 0 Å². The molecule has 2 heteroatoms. The summed E-state index contributed by atoms with van der Waals surface area (Å²) >= 11 is 0. The molecule has 0 unspecified atom stereocenters. The van der Waals surface area contributed by atoms with Gasteiger partial charge in [-0.3, -0.25) is 0 Å². The second kappa shape index (κ2) is 10.3. The Balaban J connectivity index is 1.33.